The van der Waals surface area contributed by atoms with Gasteiger partial charge in [0.1, 0.15) is 0 Å². The van der Waals surface area contributed by atoms with Gasteiger partial charge in [-0.05, 0) is 48.8 Å². The highest BCUT2D eigenvalue weighted by molar-refractivity contribution is 7.93. The highest BCUT2D eigenvalue weighted by Gasteiger charge is 2.30. The van der Waals surface area contributed by atoms with Crippen molar-refractivity contribution in [1.29, 1.82) is 0 Å². The quantitative estimate of drug-likeness (QED) is 0.916. The van der Waals surface area contributed by atoms with Crippen LogP contribution in [-0.2, 0) is 16.4 Å². The van der Waals surface area contributed by atoms with E-state index in [1.807, 2.05) is 24.3 Å². The van der Waals surface area contributed by atoms with Crippen molar-refractivity contribution in [2.45, 2.75) is 57.9 Å². The molecule has 0 saturated heterocycles. The first-order valence-electron chi connectivity index (χ1n) is 8.41. The molecular weight excluding hydrogens is 294 g/mol. The number of hydrogen-bond donors (Lipinski definition) is 1. The van der Waals surface area contributed by atoms with Crippen molar-refractivity contribution in [2.24, 2.45) is 5.92 Å². The van der Waals surface area contributed by atoms with Gasteiger partial charge in [-0.1, -0.05) is 50.5 Å². The monoisotopic (exact) mass is 319 g/mol. The van der Waals surface area contributed by atoms with Gasteiger partial charge in [0.25, 0.3) is 0 Å². The van der Waals surface area contributed by atoms with E-state index < -0.39 is 10.0 Å². The van der Waals surface area contributed by atoms with Gasteiger partial charge in [-0.15, -0.1) is 0 Å². The second kappa shape index (κ2) is 6.55. The Bertz CT molecular complexity index is 663. The maximum atomic E-state index is 12.7. The smallest absolute Gasteiger partial charge is 0.208 e. The van der Waals surface area contributed by atoms with Crippen molar-refractivity contribution in [3.8, 4) is 0 Å². The fraction of sp³-hybridized carbons (Fsp3) is 0.556. The van der Waals surface area contributed by atoms with Gasteiger partial charge < -0.3 is 0 Å². The van der Waals surface area contributed by atoms with Gasteiger partial charge in [0.15, 0.2) is 0 Å². The van der Waals surface area contributed by atoms with Crippen LogP contribution in [0, 0.1) is 5.92 Å². The number of fused-ring (bicyclic) bond motifs is 1. The first kappa shape index (κ1) is 15.8. The molecule has 2 aliphatic rings. The Morgan fingerprint density at radius 1 is 1.14 bits per heavy atom. The van der Waals surface area contributed by atoms with Crippen LogP contribution >= 0.6 is 0 Å². The molecule has 0 amide bonds. The van der Waals surface area contributed by atoms with E-state index in [2.05, 4.69) is 17.7 Å². The van der Waals surface area contributed by atoms with Crippen molar-refractivity contribution in [3.05, 3.63) is 40.3 Å². The van der Waals surface area contributed by atoms with E-state index in [0.717, 1.165) is 37.7 Å². The Balaban J connectivity index is 1.80. The first-order valence-corrected chi connectivity index (χ1v) is 9.89. The molecule has 0 radical (unpaired) electrons. The topological polar surface area (TPSA) is 46.2 Å². The minimum atomic E-state index is -3.36. The third kappa shape index (κ3) is 3.28. The molecule has 0 heterocycles. The number of aryl methyl sites for hydroxylation is 1. The summed E-state index contributed by atoms with van der Waals surface area (Å²) in [7, 11) is -3.36. The largest absolute Gasteiger partial charge is 0.236 e. The Hall–Kier alpha value is -1.13. The lowest BCUT2D eigenvalue weighted by molar-refractivity contribution is 0.282. The van der Waals surface area contributed by atoms with E-state index in [0.29, 0.717) is 17.2 Å². The maximum Gasteiger partial charge on any atom is 0.236 e. The Morgan fingerprint density at radius 2 is 1.91 bits per heavy atom. The number of rotatable bonds is 4. The van der Waals surface area contributed by atoms with Crippen LogP contribution < -0.4 is 4.72 Å². The molecule has 0 aromatic heterocycles. The van der Waals surface area contributed by atoms with Crippen molar-refractivity contribution in [3.63, 3.8) is 0 Å². The maximum absolute atomic E-state index is 12.7. The molecule has 22 heavy (non-hydrogen) atoms. The van der Waals surface area contributed by atoms with Crippen molar-refractivity contribution in [2.75, 3.05) is 0 Å². The lowest BCUT2D eigenvalue weighted by Gasteiger charge is -2.31. The molecular formula is C18H25NO2S. The van der Waals surface area contributed by atoms with Crippen LogP contribution in [0.5, 0.6) is 0 Å². The third-order valence-electron chi connectivity index (χ3n) is 5.10. The molecule has 2 atom stereocenters. The van der Waals surface area contributed by atoms with Gasteiger partial charge in [0.05, 0.1) is 4.91 Å². The summed E-state index contributed by atoms with van der Waals surface area (Å²) in [5.41, 5.74) is 2.29. The lowest BCUT2D eigenvalue weighted by Crippen LogP contribution is -2.42. The summed E-state index contributed by atoms with van der Waals surface area (Å²) in [6.07, 6.45) is 8.80. The van der Waals surface area contributed by atoms with Crippen molar-refractivity contribution in [1.82, 2.24) is 4.72 Å². The SMILES string of the molecule is CC[C@H]1CCCC[C@@H]1NS(=O)(=O)C1=Cc2ccccc2CC1. The van der Waals surface area contributed by atoms with Gasteiger partial charge in [0, 0.05) is 6.04 Å². The summed E-state index contributed by atoms with van der Waals surface area (Å²) in [6, 6.07) is 8.17. The van der Waals surface area contributed by atoms with Crippen LogP contribution in [-0.4, -0.2) is 14.5 Å². The molecule has 1 aromatic carbocycles. The molecule has 0 aliphatic heterocycles. The van der Waals surface area contributed by atoms with E-state index in [9.17, 15) is 8.42 Å². The molecule has 1 saturated carbocycles. The molecule has 3 nitrogen and oxygen atoms in total. The summed E-state index contributed by atoms with van der Waals surface area (Å²) in [4.78, 5) is 0.548. The zero-order chi connectivity index (χ0) is 15.6. The molecule has 3 rings (SSSR count). The van der Waals surface area contributed by atoms with E-state index in [4.69, 9.17) is 0 Å². The number of sulfonamides is 1. The van der Waals surface area contributed by atoms with Crippen LogP contribution in [0.15, 0.2) is 29.2 Å². The summed E-state index contributed by atoms with van der Waals surface area (Å²) >= 11 is 0. The number of benzene rings is 1. The van der Waals surface area contributed by atoms with Gasteiger partial charge in [-0.25, -0.2) is 13.1 Å². The first-order chi connectivity index (χ1) is 10.6. The average Bonchev–Trinajstić information content (AvgIpc) is 2.54. The fourth-order valence-electron chi connectivity index (χ4n) is 3.74. The van der Waals surface area contributed by atoms with Gasteiger partial charge >= 0.3 is 0 Å². The molecule has 120 valence electrons. The standard InChI is InChI=1S/C18H25NO2S/c1-2-14-7-5-6-10-18(14)19-22(20,21)17-12-11-15-8-3-4-9-16(15)13-17/h3-4,8-9,13-14,18-19H,2,5-7,10-12H2,1H3/t14-,18-/m0/s1. The molecule has 0 unspecified atom stereocenters. The Morgan fingerprint density at radius 3 is 2.73 bits per heavy atom. The zero-order valence-corrected chi connectivity index (χ0v) is 14.0. The molecule has 1 fully saturated rings. The Kier molecular flexibility index (Phi) is 4.69. The predicted octanol–water partition coefficient (Wildman–Crippen LogP) is 3.86. The fourth-order valence-corrected chi connectivity index (χ4v) is 5.26. The lowest BCUT2D eigenvalue weighted by atomic mass is 9.83. The van der Waals surface area contributed by atoms with E-state index in [1.54, 1.807) is 0 Å². The number of hydrogen-bond acceptors (Lipinski definition) is 2. The highest BCUT2D eigenvalue weighted by atomic mass is 32.2. The predicted molar refractivity (Wildman–Crippen MR) is 90.8 cm³/mol. The van der Waals surface area contributed by atoms with Gasteiger partial charge in [-0.3, -0.25) is 0 Å². The summed E-state index contributed by atoms with van der Waals surface area (Å²) in [6.45, 7) is 2.16. The minimum Gasteiger partial charge on any atom is -0.208 e. The van der Waals surface area contributed by atoms with Crippen molar-refractivity contribution >= 4 is 16.1 Å². The normalized spacial score (nSPS) is 25.4. The average molecular weight is 319 g/mol. The second-order valence-electron chi connectivity index (χ2n) is 6.49. The van der Waals surface area contributed by atoms with E-state index >= 15 is 0 Å². The zero-order valence-electron chi connectivity index (χ0n) is 13.2. The molecule has 4 heteroatoms. The Labute approximate surface area is 133 Å². The third-order valence-corrected chi connectivity index (χ3v) is 6.72. The van der Waals surface area contributed by atoms with Gasteiger partial charge in [0.2, 0.25) is 10.0 Å². The van der Waals surface area contributed by atoms with Crippen LogP contribution in [0.1, 0.15) is 56.6 Å². The molecule has 1 aromatic rings. The molecule has 1 N–H and O–H groups in total. The van der Waals surface area contributed by atoms with Crippen LogP contribution in [0.2, 0.25) is 0 Å². The van der Waals surface area contributed by atoms with E-state index in [1.165, 1.54) is 12.0 Å². The second-order valence-corrected chi connectivity index (χ2v) is 8.26. The molecule has 0 bridgehead atoms. The minimum absolute atomic E-state index is 0.113. The van der Waals surface area contributed by atoms with Crippen LogP contribution in [0.3, 0.4) is 0 Å². The van der Waals surface area contributed by atoms with Crippen LogP contribution in [0.4, 0.5) is 0 Å². The summed E-state index contributed by atoms with van der Waals surface area (Å²) in [5.74, 6) is 0.486. The number of nitrogens with one attached hydrogen (secondary N) is 1. The van der Waals surface area contributed by atoms with Gasteiger partial charge in [-0.2, -0.15) is 0 Å². The van der Waals surface area contributed by atoms with Crippen LogP contribution in [0.25, 0.3) is 6.08 Å². The number of allylic oxidation sites excluding steroid dienone is 1. The molecule has 0 spiro atoms. The summed E-state index contributed by atoms with van der Waals surface area (Å²) < 4.78 is 28.5. The molecule has 2 aliphatic carbocycles. The highest BCUT2D eigenvalue weighted by Crippen LogP contribution is 2.30. The van der Waals surface area contributed by atoms with E-state index in [-0.39, 0.29) is 6.04 Å². The van der Waals surface area contributed by atoms with Crippen molar-refractivity contribution < 1.29 is 8.42 Å². The summed E-state index contributed by atoms with van der Waals surface area (Å²) in [5, 5.41) is 0.